The van der Waals surface area contributed by atoms with E-state index in [9.17, 15) is 4.79 Å². The Labute approximate surface area is 133 Å². The molecule has 0 bridgehead atoms. The Balaban J connectivity index is 1.77. The monoisotopic (exact) mass is 318 g/mol. The van der Waals surface area contributed by atoms with Gasteiger partial charge in [0, 0.05) is 22.9 Å². The maximum atomic E-state index is 12.6. The Hall–Kier alpha value is -1.46. The number of rotatable bonds is 2. The minimum Gasteiger partial charge on any atom is -0.308 e. The number of hydrogen-bond acceptors (Lipinski definition) is 3. The van der Waals surface area contributed by atoms with Gasteiger partial charge in [0.1, 0.15) is 5.37 Å². The summed E-state index contributed by atoms with van der Waals surface area (Å²) in [6.07, 6.45) is 0. The Morgan fingerprint density at radius 3 is 2.90 bits per heavy atom. The molecule has 1 fully saturated rings. The zero-order chi connectivity index (χ0) is 14.8. The fraction of sp³-hybridized carbons (Fsp3) is 0.312. The summed E-state index contributed by atoms with van der Waals surface area (Å²) in [7, 11) is 0. The first-order chi connectivity index (χ1) is 10.2. The van der Waals surface area contributed by atoms with E-state index in [2.05, 4.69) is 29.8 Å². The van der Waals surface area contributed by atoms with E-state index in [0.717, 1.165) is 23.5 Å². The smallest absolute Gasteiger partial charge is 0.308 e. The van der Waals surface area contributed by atoms with E-state index in [1.807, 2.05) is 41.8 Å². The van der Waals surface area contributed by atoms with Crippen molar-refractivity contribution in [1.29, 1.82) is 0 Å². The predicted octanol–water partition coefficient (Wildman–Crippen LogP) is 4.64. The van der Waals surface area contributed by atoms with Crippen LogP contribution in [-0.4, -0.2) is 23.2 Å². The first-order valence-corrected chi connectivity index (χ1v) is 8.88. The summed E-state index contributed by atoms with van der Waals surface area (Å²) in [6.45, 7) is 4.90. The van der Waals surface area contributed by atoms with E-state index in [-0.39, 0.29) is 11.4 Å². The first-order valence-electron chi connectivity index (χ1n) is 6.95. The summed E-state index contributed by atoms with van der Waals surface area (Å²) in [5.41, 5.74) is 3.23. The number of nitrogens with zero attached hydrogens (tertiary/aromatic N) is 1. The molecule has 1 saturated heterocycles. The van der Waals surface area contributed by atoms with Crippen molar-refractivity contribution in [1.82, 2.24) is 4.90 Å². The van der Waals surface area contributed by atoms with Gasteiger partial charge in [-0.2, -0.15) is 0 Å². The first kappa shape index (κ1) is 14.5. The van der Waals surface area contributed by atoms with Crippen LogP contribution in [0.3, 0.4) is 0 Å². The van der Waals surface area contributed by atoms with E-state index in [1.165, 1.54) is 10.4 Å². The number of benzene rings is 1. The van der Waals surface area contributed by atoms with Crippen LogP contribution in [0.2, 0.25) is 0 Å². The zero-order valence-electron chi connectivity index (χ0n) is 12.1. The van der Waals surface area contributed by atoms with E-state index >= 15 is 0 Å². The molecule has 1 aliphatic heterocycles. The van der Waals surface area contributed by atoms with Crippen LogP contribution in [0.5, 0.6) is 0 Å². The summed E-state index contributed by atoms with van der Waals surface area (Å²) in [6, 6.07) is 10.1. The number of carbonyl (C=O) groups excluding carboxylic acids is 1. The van der Waals surface area contributed by atoms with E-state index in [1.54, 1.807) is 11.3 Å². The molecule has 0 saturated carbocycles. The molecule has 1 atom stereocenters. The second kappa shape index (κ2) is 6.12. The lowest BCUT2D eigenvalue weighted by atomic mass is 10.1. The van der Waals surface area contributed by atoms with Crippen LogP contribution in [0.1, 0.15) is 21.4 Å². The van der Waals surface area contributed by atoms with Crippen LogP contribution in [-0.2, 0) is 0 Å². The molecular formula is C16H18N2OS2. The molecular weight excluding hydrogens is 300 g/mol. The number of aryl methyl sites for hydroxylation is 1. The Bertz CT molecular complexity index is 640. The highest BCUT2D eigenvalue weighted by atomic mass is 32.2. The zero-order valence-corrected chi connectivity index (χ0v) is 13.8. The molecule has 2 amide bonds. The van der Waals surface area contributed by atoms with Gasteiger partial charge in [0.25, 0.3) is 0 Å². The fourth-order valence-corrected chi connectivity index (χ4v) is 4.65. The molecule has 1 aromatic heterocycles. The molecule has 5 heteroatoms. The van der Waals surface area contributed by atoms with Crippen LogP contribution < -0.4 is 5.32 Å². The Kier molecular flexibility index (Phi) is 4.22. The van der Waals surface area contributed by atoms with Gasteiger partial charge < -0.3 is 10.2 Å². The van der Waals surface area contributed by atoms with Crippen molar-refractivity contribution < 1.29 is 4.79 Å². The molecule has 3 rings (SSSR count). The third kappa shape index (κ3) is 2.94. The number of amides is 2. The van der Waals surface area contributed by atoms with Crippen LogP contribution in [0, 0.1) is 13.8 Å². The number of urea groups is 1. The fourth-order valence-electron chi connectivity index (χ4n) is 2.42. The minimum atomic E-state index is -0.00731. The number of nitrogens with one attached hydrogen (secondary N) is 1. The maximum Gasteiger partial charge on any atom is 0.323 e. The number of carbonyl (C=O) groups is 1. The highest BCUT2D eigenvalue weighted by Gasteiger charge is 2.31. The maximum absolute atomic E-state index is 12.6. The normalized spacial score (nSPS) is 18.0. The average Bonchev–Trinajstić information content (AvgIpc) is 3.13. The van der Waals surface area contributed by atoms with Crippen molar-refractivity contribution in [3.8, 4) is 0 Å². The van der Waals surface area contributed by atoms with Crippen molar-refractivity contribution in [2.45, 2.75) is 19.2 Å². The predicted molar refractivity (Wildman–Crippen MR) is 91.2 cm³/mol. The van der Waals surface area contributed by atoms with Crippen LogP contribution in [0.15, 0.2) is 35.7 Å². The standard InChI is InChI=1S/C16H18N2OS2/c1-11-5-3-6-13(12(11)2)17-16(19)18-8-10-21-15(18)14-7-4-9-20-14/h3-7,9,15H,8,10H2,1-2H3,(H,17,19)/t15-/m0/s1. The third-order valence-corrected chi connectivity index (χ3v) is 6.10. The molecule has 1 aromatic carbocycles. The SMILES string of the molecule is Cc1cccc(NC(=O)N2CCS[C@H]2c2cccs2)c1C. The summed E-state index contributed by atoms with van der Waals surface area (Å²) >= 11 is 3.54. The highest BCUT2D eigenvalue weighted by Crippen LogP contribution is 2.40. The summed E-state index contributed by atoms with van der Waals surface area (Å²) in [4.78, 5) is 15.8. The molecule has 3 nitrogen and oxygen atoms in total. The third-order valence-electron chi connectivity index (χ3n) is 3.78. The minimum absolute atomic E-state index is 0.00731. The summed E-state index contributed by atoms with van der Waals surface area (Å²) in [5, 5.41) is 5.28. The molecule has 1 aliphatic rings. The molecule has 0 spiro atoms. The van der Waals surface area contributed by atoms with Crippen molar-refractivity contribution in [2.75, 3.05) is 17.6 Å². The quantitative estimate of drug-likeness (QED) is 0.874. The molecule has 0 unspecified atom stereocenters. The summed E-state index contributed by atoms with van der Waals surface area (Å²) < 4.78 is 0. The second-order valence-corrected chi connectivity index (χ2v) is 7.28. The topological polar surface area (TPSA) is 32.3 Å². The molecule has 1 N–H and O–H groups in total. The average molecular weight is 318 g/mol. The Morgan fingerprint density at radius 1 is 1.29 bits per heavy atom. The van der Waals surface area contributed by atoms with Crippen molar-refractivity contribution >= 4 is 34.8 Å². The van der Waals surface area contributed by atoms with Gasteiger partial charge in [-0.3, -0.25) is 0 Å². The number of thioether (sulfide) groups is 1. The Morgan fingerprint density at radius 2 is 2.14 bits per heavy atom. The van der Waals surface area contributed by atoms with Crippen molar-refractivity contribution in [3.05, 3.63) is 51.7 Å². The van der Waals surface area contributed by atoms with Crippen LogP contribution >= 0.6 is 23.1 Å². The second-order valence-electron chi connectivity index (χ2n) is 5.11. The van der Waals surface area contributed by atoms with E-state index in [0.29, 0.717) is 0 Å². The van der Waals surface area contributed by atoms with Gasteiger partial charge in [-0.1, -0.05) is 18.2 Å². The van der Waals surface area contributed by atoms with Gasteiger partial charge >= 0.3 is 6.03 Å². The lowest BCUT2D eigenvalue weighted by Crippen LogP contribution is -2.34. The van der Waals surface area contributed by atoms with Gasteiger partial charge in [-0.05, 0) is 42.5 Å². The van der Waals surface area contributed by atoms with Gasteiger partial charge in [0.15, 0.2) is 0 Å². The lowest BCUT2D eigenvalue weighted by molar-refractivity contribution is 0.215. The van der Waals surface area contributed by atoms with Gasteiger partial charge in [0.05, 0.1) is 0 Å². The van der Waals surface area contributed by atoms with Crippen LogP contribution in [0.4, 0.5) is 10.5 Å². The number of hydrogen-bond donors (Lipinski definition) is 1. The molecule has 2 aromatic rings. The van der Waals surface area contributed by atoms with Gasteiger partial charge in [-0.25, -0.2) is 4.79 Å². The molecule has 0 radical (unpaired) electrons. The van der Waals surface area contributed by atoms with Crippen molar-refractivity contribution in [2.24, 2.45) is 0 Å². The van der Waals surface area contributed by atoms with E-state index < -0.39 is 0 Å². The van der Waals surface area contributed by atoms with Crippen molar-refractivity contribution in [3.63, 3.8) is 0 Å². The molecule has 110 valence electrons. The van der Waals surface area contributed by atoms with Gasteiger partial charge in [-0.15, -0.1) is 23.1 Å². The summed E-state index contributed by atoms with van der Waals surface area (Å²) in [5.74, 6) is 0.989. The molecule has 2 heterocycles. The van der Waals surface area contributed by atoms with Gasteiger partial charge in [0.2, 0.25) is 0 Å². The number of anilines is 1. The number of thiophene rings is 1. The largest absolute Gasteiger partial charge is 0.323 e. The lowest BCUT2D eigenvalue weighted by Gasteiger charge is -2.24. The highest BCUT2D eigenvalue weighted by molar-refractivity contribution is 7.99. The van der Waals surface area contributed by atoms with Crippen LogP contribution in [0.25, 0.3) is 0 Å². The van der Waals surface area contributed by atoms with E-state index in [4.69, 9.17) is 0 Å². The molecule has 21 heavy (non-hydrogen) atoms. The molecule has 0 aliphatic carbocycles.